The molecule has 0 fully saturated rings. The Balaban J connectivity index is 1.04. The maximum Gasteiger partial charge on any atom is 0.159 e. The topological polar surface area (TPSA) is 40.0 Å². The van der Waals surface area contributed by atoms with E-state index in [1.807, 2.05) is 17.4 Å². The summed E-state index contributed by atoms with van der Waals surface area (Å²) in [7, 11) is 0. The first-order valence-electron chi connectivity index (χ1n) is 18.8. The fraction of sp³-hybridized carbons (Fsp3) is 0.102. The summed E-state index contributed by atoms with van der Waals surface area (Å²) in [5, 5.41) is 6.23. The Morgan fingerprint density at radius 1 is 0.630 bits per heavy atom. The number of nitrogens with one attached hydrogen (secondary N) is 1. The number of hydrogen-bond donors (Lipinski definition) is 1. The van der Waals surface area contributed by atoms with Gasteiger partial charge in [0.15, 0.2) is 5.84 Å². The van der Waals surface area contributed by atoms with E-state index in [0.717, 1.165) is 65.4 Å². The number of allylic oxidation sites excluding steroid dienone is 4. The fourth-order valence-corrected chi connectivity index (χ4v) is 9.09. The van der Waals surface area contributed by atoms with E-state index in [4.69, 9.17) is 9.98 Å². The number of benzene rings is 6. The Labute approximate surface area is 319 Å². The second kappa shape index (κ2) is 13.9. The summed E-state index contributed by atoms with van der Waals surface area (Å²) in [4.78, 5) is 12.8. The number of anilines is 2. The molecular weight excluding hydrogens is 677 g/mol. The van der Waals surface area contributed by atoms with Gasteiger partial charge in [-0.2, -0.15) is 0 Å². The van der Waals surface area contributed by atoms with Crippen LogP contribution in [0.2, 0.25) is 0 Å². The third-order valence-corrected chi connectivity index (χ3v) is 11.7. The minimum absolute atomic E-state index is 0.252. The number of fused-ring (bicyclic) bond motifs is 4. The maximum absolute atomic E-state index is 5.21. The molecule has 0 radical (unpaired) electrons. The highest BCUT2D eigenvalue weighted by Crippen LogP contribution is 2.40. The van der Waals surface area contributed by atoms with Gasteiger partial charge in [-0.25, -0.2) is 9.98 Å². The van der Waals surface area contributed by atoms with Gasteiger partial charge in [0, 0.05) is 48.4 Å². The summed E-state index contributed by atoms with van der Waals surface area (Å²) < 4.78 is 2.50. The lowest BCUT2D eigenvalue weighted by Gasteiger charge is -2.28. The molecule has 5 heteroatoms. The smallest absolute Gasteiger partial charge is 0.159 e. The van der Waals surface area contributed by atoms with Crippen molar-refractivity contribution < 1.29 is 0 Å². The van der Waals surface area contributed by atoms with Gasteiger partial charge in [0.05, 0.1) is 0 Å². The predicted molar refractivity (Wildman–Crippen MR) is 229 cm³/mol. The van der Waals surface area contributed by atoms with Gasteiger partial charge < -0.3 is 10.2 Å². The van der Waals surface area contributed by atoms with E-state index in [1.54, 1.807) is 0 Å². The number of nitrogens with zero attached hydrogens (tertiary/aromatic N) is 3. The van der Waals surface area contributed by atoms with Crippen molar-refractivity contribution in [2.24, 2.45) is 9.98 Å². The van der Waals surface area contributed by atoms with E-state index in [-0.39, 0.29) is 6.17 Å². The molecule has 0 bridgehead atoms. The molecule has 3 aliphatic rings. The largest absolute Gasteiger partial charge is 0.344 e. The summed E-state index contributed by atoms with van der Waals surface area (Å²) in [6, 6.07) is 50.2. The van der Waals surface area contributed by atoms with Crippen molar-refractivity contribution >= 4 is 60.6 Å². The average molecular weight is 715 g/mol. The molecule has 4 nitrogen and oxygen atoms in total. The van der Waals surface area contributed by atoms with Crippen molar-refractivity contribution in [2.45, 2.75) is 31.8 Å². The van der Waals surface area contributed by atoms with Crippen molar-refractivity contribution in [2.75, 3.05) is 4.90 Å². The SMILES string of the molecule is C1=CC(N(c2ccccc2)c2cccc(-c3ccc4c(c3)sc3cccc(C5=NC(c6ccccc6)=NC(c6ccc7c(c6)CCC=C7)N5)c34)c2)=CCC1. The van der Waals surface area contributed by atoms with Crippen LogP contribution in [0.4, 0.5) is 11.4 Å². The van der Waals surface area contributed by atoms with Crippen molar-refractivity contribution in [3.8, 4) is 11.1 Å². The molecule has 2 heterocycles. The molecule has 1 unspecified atom stereocenters. The molecule has 1 atom stereocenters. The zero-order chi connectivity index (χ0) is 35.8. The van der Waals surface area contributed by atoms with Gasteiger partial charge in [0.1, 0.15) is 12.0 Å². The Morgan fingerprint density at radius 3 is 2.30 bits per heavy atom. The van der Waals surface area contributed by atoms with Crippen LogP contribution in [0.1, 0.15) is 53.2 Å². The standard InChI is InChI=1S/C49H38N4S/c1-4-15-34(16-5-1)47-50-48(38-27-26-33-14-10-11-17-35(33)30-38)52-49(51-47)43-24-13-25-44-46(43)42-29-28-37(32-45(42)54-44)36-18-12-23-41(31-36)53(39-19-6-2-7-20-39)40-21-8-3-9-22-40/h1-2,4-8,10,12-16,18-32,48H,3,9,11,17H2,(H,50,51,52). The number of hydrogen-bond acceptors (Lipinski definition) is 5. The fourth-order valence-electron chi connectivity index (χ4n) is 7.91. The Kier molecular flexibility index (Phi) is 8.34. The van der Waals surface area contributed by atoms with Crippen LogP contribution in [-0.4, -0.2) is 11.7 Å². The van der Waals surface area contributed by atoms with Crippen LogP contribution in [0, 0.1) is 0 Å². The first-order valence-corrected chi connectivity index (χ1v) is 19.6. The predicted octanol–water partition coefficient (Wildman–Crippen LogP) is 12.5. The summed E-state index contributed by atoms with van der Waals surface area (Å²) in [6.45, 7) is 0. The number of rotatable bonds is 7. The molecule has 2 aliphatic carbocycles. The van der Waals surface area contributed by atoms with E-state index in [9.17, 15) is 0 Å². The summed E-state index contributed by atoms with van der Waals surface area (Å²) in [6.07, 6.45) is 15.4. The number of para-hydroxylation sites is 1. The van der Waals surface area contributed by atoms with Crippen molar-refractivity contribution in [3.63, 3.8) is 0 Å². The van der Waals surface area contributed by atoms with Gasteiger partial charge in [-0.05, 0) is 96.0 Å². The van der Waals surface area contributed by atoms with E-state index in [1.165, 1.54) is 48.1 Å². The number of aryl methyl sites for hydroxylation is 1. The highest BCUT2D eigenvalue weighted by Gasteiger charge is 2.24. The first kappa shape index (κ1) is 32.4. The molecular formula is C49H38N4S. The first-order chi connectivity index (χ1) is 26.7. The minimum Gasteiger partial charge on any atom is -0.344 e. The van der Waals surface area contributed by atoms with Gasteiger partial charge in [-0.3, -0.25) is 0 Å². The molecule has 0 saturated carbocycles. The third kappa shape index (κ3) is 6.07. The van der Waals surface area contributed by atoms with E-state index >= 15 is 0 Å². The van der Waals surface area contributed by atoms with Gasteiger partial charge >= 0.3 is 0 Å². The molecule has 0 amide bonds. The van der Waals surface area contributed by atoms with Crippen LogP contribution in [-0.2, 0) is 6.42 Å². The third-order valence-electron chi connectivity index (χ3n) is 10.6. The Hall–Kier alpha value is -6.30. The molecule has 0 saturated heterocycles. The van der Waals surface area contributed by atoms with E-state index in [0.29, 0.717) is 0 Å². The molecule has 0 spiro atoms. The van der Waals surface area contributed by atoms with Crippen LogP contribution in [0.5, 0.6) is 0 Å². The normalized spacial score (nSPS) is 16.4. The highest BCUT2D eigenvalue weighted by molar-refractivity contribution is 7.26. The van der Waals surface area contributed by atoms with Gasteiger partial charge in [0.2, 0.25) is 0 Å². The molecule has 1 aromatic heterocycles. The van der Waals surface area contributed by atoms with Crippen LogP contribution in [0.3, 0.4) is 0 Å². The number of thiophene rings is 1. The molecule has 7 aromatic rings. The lowest BCUT2D eigenvalue weighted by atomic mass is 9.94. The summed E-state index contributed by atoms with van der Waals surface area (Å²) in [5.74, 6) is 1.59. The summed E-state index contributed by atoms with van der Waals surface area (Å²) >= 11 is 1.84. The van der Waals surface area contributed by atoms with Crippen LogP contribution in [0.15, 0.2) is 180 Å². The monoisotopic (exact) mass is 714 g/mol. The molecule has 6 aromatic carbocycles. The Morgan fingerprint density at radius 2 is 1.43 bits per heavy atom. The summed E-state index contributed by atoms with van der Waals surface area (Å²) in [5.41, 5.74) is 11.8. The lowest BCUT2D eigenvalue weighted by molar-refractivity contribution is 0.673. The van der Waals surface area contributed by atoms with Crippen LogP contribution < -0.4 is 10.2 Å². The highest BCUT2D eigenvalue weighted by atomic mass is 32.1. The number of aliphatic imine (C=N–C) groups is 2. The number of amidine groups is 2. The average Bonchev–Trinajstić information content (AvgIpc) is 3.63. The van der Waals surface area contributed by atoms with Gasteiger partial charge in [-0.1, -0.05) is 127 Å². The van der Waals surface area contributed by atoms with E-state index in [2.05, 4.69) is 174 Å². The minimum atomic E-state index is -0.252. The Bertz CT molecular complexity index is 2700. The van der Waals surface area contributed by atoms with Crippen LogP contribution in [0.25, 0.3) is 37.4 Å². The van der Waals surface area contributed by atoms with Crippen molar-refractivity contribution in [1.82, 2.24) is 5.32 Å². The van der Waals surface area contributed by atoms with Crippen LogP contribution >= 0.6 is 11.3 Å². The molecule has 1 N–H and O–H groups in total. The zero-order valence-corrected chi connectivity index (χ0v) is 30.6. The lowest BCUT2D eigenvalue weighted by Crippen LogP contribution is -2.33. The van der Waals surface area contributed by atoms with E-state index < -0.39 is 0 Å². The molecule has 10 rings (SSSR count). The van der Waals surface area contributed by atoms with Gasteiger partial charge in [0.25, 0.3) is 0 Å². The molecule has 1 aliphatic heterocycles. The zero-order valence-electron chi connectivity index (χ0n) is 29.8. The molecule has 54 heavy (non-hydrogen) atoms. The quantitative estimate of drug-likeness (QED) is 0.179. The second-order valence-electron chi connectivity index (χ2n) is 14.0. The van der Waals surface area contributed by atoms with Crippen molar-refractivity contribution in [1.29, 1.82) is 0 Å². The van der Waals surface area contributed by atoms with Crippen molar-refractivity contribution in [3.05, 3.63) is 197 Å². The second-order valence-corrected chi connectivity index (χ2v) is 15.1. The molecule has 260 valence electrons. The van der Waals surface area contributed by atoms with Gasteiger partial charge in [-0.15, -0.1) is 11.3 Å². The maximum atomic E-state index is 5.21.